The molecule has 5 rings (SSSR count). The third kappa shape index (κ3) is 5.31. The monoisotopic (exact) mass is 532 g/mol. The minimum Gasteiger partial charge on any atom is -0.379 e. The van der Waals surface area contributed by atoms with Crippen molar-refractivity contribution in [2.75, 3.05) is 10.6 Å². The van der Waals surface area contributed by atoms with Gasteiger partial charge in [0.05, 0.1) is 46.1 Å². The van der Waals surface area contributed by atoms with Crippen molar-refractivity contribution in [3.63, 3.8) is 0 Å². The van der Waals surface area contributed by atoms with Crippen LogP contribution in [0.15, 0.2) is 61.1 Å². The van der Waals surface area contributed by atoms with Crippen LogP contribution in [0.4, 0.5) is 21.5 Å². The summed E-state index contributed by atoms with van der Waals surface area (Å²) in [6.45, 7) is 2.92. The topological polar surface area (TPSA) is 104 Å². The van der Waals surface area contributed by atoms with Gasteiger partial charge in [-0.2, -0.15) is 5.26 Å². The molecule has 0 saturated heterocycles. The molecule has 0 saturated carbocycles. The minimum absolute atomic E-state index is 0.0333. The van der Waals surface area contributed by atoms with E-state index in [2.05, 4.69) is 37.0 Å². The Kier molecular flexibility index (Phi) is 6.86. The molecule has 2 aromatic carbocycles. The quantitative estimate of drug-likeness (QED) is 0.255. The zero-order valence-corrected chi connectivity index (χ0v) is 21.0. The van der Waals surface area contributed by atoms with Gasteiger partial charge in [0.15, 0.2) is 0 Å². The first-order chi connectivity index (χ1) is 17.9. The third-order valence-electron chi connectivity index (χ3n) is 5.74. The number of benzene rings is 2. The normalized spacial score (nSPS) is 10.9. The Balaban J connectivity index is 1.41. The zero-order chi connectivity index (χ0) is 25.9. The number of halogens is 3. The summed E-state index contributed by atoms with van der Waals surface area (Å²) in [6, 6.07) is 13.9. The van der Waals surface area contributed by atoms with Crippen LogP contribution in [0.5, 0.6) is 0 Å². The molecule has 184 valence electrons. The molecule has 37 heavy (non-hydrogen) atoms. The molecule has 0 atom stereocenters. The largest absolute Gasteiger partial charge is 0.379 e. The molecule has 3 heterocycles. The fourth-order valence-electron chi connectivity index (χ4n) is 3.85. The second kappa shape index (κ2) is 10.4. The molecule has 8 nitrogen and oxygen atoms in total. The molecule has 0 fully saturated rings. The van der Waals surface area contributed by atoms with Gasteiger partial charge in [-0.3, -0.25) is 9.97 Å². The number of hydrogen-bond acceptors (Lipinski definition) is 7. The number of anilines is 3. The zero-order valence-electron chi connectivity index (χ0n) is 19.5. The maximum absolute atomic E-state index is 13.6. The third-order valence-corrected chi connectivity index (χ3v) is 6.32. The Morgan fingerprint density at radius 2 is 1.92 bits per heavy atom. The Bertz CT molecular complexity index is 1660. The first-order valence-electron chi connectivity index (χ1n) is 11.2. The smallest absolute Gasteiger partial charge is 0.141 e. The molecule has 0 aliphatic heterocycles. The van der Waals surface area contributed by atoms with Crippen LogP contribution in [-0.2, 0) is 13.1 Å². The van der Waals surface area contributed by atoms with Gasteiger partial charge in [0.2, 0.25) is 0 Å². The Labute approximate surface area is 221 Å². The summed E-state index contributed by atoms with van der Waals surface area (Å²) in [5.41, 5.74) is 5.27. The summed E-state index contributed by atoms with van der Waals surface area (Å²) >= 11 is 12.5. The van der Waals surface area contributed by atoms with Crippen LogP contribution in [0.1, 0.15) is 22.5 Å². The maximum atomic E-state index is 13.6. The summed E-state index contributed by atoms with van der Waals surface area (Å²) in [7, 11) is 0. The van der Waals surface area contributed by atoms with Gasteiger partial charge < -0.3 is 10.6 Å². The first kappa shape index (κ1) is 24.4. The molecule has 0 unspecified atom stereocenters. The van der Waals surface area contributed by atoms with E-state index in [1.165, 1.54) is 24.4 Å². The Morgan fingerprint density at radius 1 is 1.08 bits per heavy atom. The van der Waals surface area contributed by atoms with Crippen LogP contribution in [0.2, 0.25) is 10.0 Å². The highest BCUT2D eigenvalue weighted by Crippen LogP contribution is 2.35. The number of fused-ring (bicyclic) bond motifs is 1. The molecule has 5 aromatic rings. The summed E-state index contributed by atoms with van der Waals surface area (Å²) < 4.78 is 15.4. The number of aryl methyl sites for hydroxylation is 1. The Hall–Kier alpha value is -4.26. The van der Waals surface area contributed by atoms with Crippen molar-refractivity contribution in [2.24, 2.45) is 0 Å². The number of nitrogens with one attached hydrogen (secondary N) is 2. The fourth-order valence-corrected chi connectivity index (χ4v) is 4.30. The standard InChI is InChI=1S/C26H19Cl2FN8/c1-15-16(3-2-6-31-15)13-37-14-20(35-36-37)12-32-19-7-21-25(34-18-4-5-24(29)22(27)8-18)17(10-30)11-33-26(21)23(28)9-19/h2-9,11,14,32H,12-13H2,1H3,(H,33,34). The molecule has 11 heteroatoms. The second-order valence-electron chi connectivity index (χ2n) is 8.28. The molecule has 0 bridgehead atoms. The number of hydrogen-bond donors (Lipinski definition) is 2. The van der Waals surface area contributed by atoms with Gasteiger partial charge in [0.1, 0.15) is 17.6 Å². The predicted octanol–water partition coefficient (Wildman–Crippen LogP) is 6.25. The van der Waals surface area contributed by atoms with E-state index in [-0.39, 0.29) is 5.02 Å². The lowest BCUT2D eigenvalue weighted by Crippen LogP contribution is -2.03. The van der Waals surface area contributed by atoms with Crippen molar-refractivity contribution >= 4 is 51.2 Å². The lowest BCUT2D eigenvalue weighted by Gasteiger charge is -2.14. The van der Waals surface area contributed by atoms with Crippen LogP contribution in [0.3, 0.4) is 0 Å². The molecular formula is C26H19Cl2FN8. The first-order valence-corrected chi connectivity index (χ1v) is 11.9. The predicted molar refractivity (Wildman–Crippen MR) is 142 cm³/mol. The van der Waals surface area contributed by atoms with Gasteiger partial charge in [-0.25, -0.2) is 9.07 Å². The molecule has 0 radical (unpaired) electrons. The number of nitriles is 1. The van der Waals surface area contributed by atoms with E-state index >= 15 is 0 Å². The van der Waals surface area contributed by atoms with Crippen LogP contribution in [0.25, 0.3) is 10.9 Å². The van der Waals surface area contributed by atoms with Crippen LogP contribution in [-0.4, -0.2) is 25.0 Å². The number of nitrogens with zero attached hydrogens (tertiary/aromatic N) is 6. The van der Waals surface area contributed by atoms with E-state index in [9.17, 15) is 9.65 Å². The number of pyridine rings is 2. The maximum Gasteiger partial charge on any atom is 0.141 e. The van der Waals surface area contributed by atoms with Gasteiger partial charge in [-0.15, -0.1) is 5.10 Å². The van der Waals surface area contributed by atoms with E-state index in [0.29, 0.717) is 51.6 Å². The molecular weight excluding hydrogens is 514 g/mol. The van der Waals surface area contributed by atoms with Gasteiger partial charge in [-0.1, -0.05) is 34.5 Å². The summed E-state index contributed by atoms with van der Waals surface area (Å²) in [6.07, 6.45) is 5.06. The summed E-state index contributed by atoms with van der Waals surface area (Å²) in [4.78, 5) is 8.66. The number of aromatic nitrogens is 5. The average molecular weight is 533 g/mol. The van der Waals surface area contributed by atoms with Crippen molar-refractivity contribution in [1.29, 1.82) is 5.26 Å². The second-order valence-corrected chi connectivity index (χ2v) is 9.09. The molecule has 0 aliphatic rings. The van der Waals surface area contributed by atoms with Crippen molar-refractivity contribution in [1.82, 2.24) is 25.0 Å². The van der Waals surface area contributed by atoms with Crippen LogP contribution in [0, 0.1) is 24.1 Å². The molecule has 0 aliphatic carbocycles. The highest BCUT2D eigenvalue weighted by atomic mass is 35.5. The van der Waals surface area contributed by atoms with E-state index in [1.807, 2.05) is 31.3 Å². The summed E-state index contributed by atoms with van der Waals surface area (Å²) in [5.74, 6) is -0.533. The minimum atomic E-state index is -0.533. The number of rotatable bonds is 7. The highest BCUT2D eigenvalue weighted by Gasteiger charge is 2.14. The van der Waals surface area contributed by atoms with E-state index in [0.717, 1.165) is 17.0 Å². The lowest BCUT2D eigenvalue weighted by molar-refractivity contribution is 0.628. The summed E-state index contributed by atoms with van der Waals surface area (Å²) in [5, 5.41) is 25.6. The van der Waals surface area contributed by atoms with Gasteiger partial charge >= 0.3 is 0 Å². The fraction of sp³-hybridized carbons (Fsp3) is 0.115. The molecule has 2 N–H and O–H groups in total. The molecule has 0 spiro atoms. The van der Waals surface area contributed by atoms with Gasteiger partial charge in [-0.05, 0) is 48.9 Å². The van der Waals surface area contributed by atoms with Gasteiger partial charge in [0.25, 0.3) is 0 Å². The van der Waals surface area contributed by atoms with Crippen molar-refractivity contribution in [3.8, 4) is 6.07 Å². The van der Waals surface area contributed by atoms with E-state index < -0.39 is 5.82 Å². The van der Waals surface area contributed by atoms with Crippen molar-refractivity contribution in [2.45, 2.75) is 20.0 Å². The van der Waals surface area contributed by atoms with Crippen LogP contribution < -0.4 is 10.6 Å². The SMILES string of the molecule is Cc1ncccc1Cn1cc(CNc2cc(Cl)c3ncc(C#N)c(Nc4ccc(F)c(Cl)c4)c3c2)nn1. The van der Waals surface area contributed by atoms with Crippen LogP contribution >= 0.6 is 23.2 Å². The Morgan fingerprint density at radius 3 is 2.70 bits per heavy atom. The van der Waals surface area contributed by atoms with E-state index in [1.54, 1.807) is 16.9 Å². The van der Waals surface area contributed by atoms with Crippen molar-refractivity contribution in [3.05, 3.63) is 99.4 Å². The van der Waals surface area contributed by atoms with Gasteiger partial charge in [0, 0.05) is 34.8 Å². The lowest BCUT2D eigenvalue weighted by atomic mass is 10.1. The van der Waals surface area contributed by atoms with Crippen molar-refractivity contribution < 1.29 is 4.39 Å². The highest BCUT2D eigenvalue weighted by molar-refractivity contribution is 6.36. The average Bonchev–Trinajstić information content (AvgIpc) is 3.34. The molecule has 3 aromatic heterocycles. The molecule has 0 amide bonds. The van der Waals surface area contributed by atoms with E-state index in [4.69, 9.17) is 23.2 Å².